The molecule has 2 aromatic rings. The molecule has 0 bridgehead atoms. The van der Waals surface area contributed by atoms with Gasteiger partial charge in [-0.2, -0.15) is 0 Å². The molecule has 1 aliphatic carbocycles. The van der Waals surface area contributed by atoms with Crippen molar-refractivity contribution < 1.29 is 31.9 Å². The highest BCUT2D eigenvalue weighted by Gasteiger charge is 2.26. The van der Waals surface area contributed by atoms with Gasteiger partial charge in [0.05, 0.1) is 0 Å². The maximum atomic E-state index is 14.9. The summed E-state index contributed by atoms with van der Waals surface area (Å²) in [6, 6.07) is 2.05. The van der Waals surface area contributed by atoms with Gasteiger partial charge in [0.2, 0.25) is 0 Å². The second-order valence-corrected chi connectivity index (χ2v) is 7.80. The number of benzene rings is 2. The van der Waals surface area contributed by atoms with Crippen LogP contribution in [0.2, 0.25) is 0 Å². The lowest BCUT2D eigenvalue weighted by atomic mass is 9.79. The lowest BCUT2D eigenvalue weighted by molar-refractivity contribution is 0.0686. The number of halogens is 5. The van der Waals surface area contributed by atoms with Crippen molar-refractivity contribution in [2.75, 3.05) is 0 Å². The molecule has 0 heterocycles. The van der Waals surface area contributed by atoms with Crippen LogP contribution in [-0.2, 0) is 6.42 Å². The Kier molecular flexibility index (Phi) is 6.24. The summed E-state index contributed by atoms with van der Waals surface area (Å²) in [4.78, 5) is 11.3. The van der Waals surface area contributed by atoms with E-state index in [0.717, 1.165) is 31.7 Å². The summed E-state index contributed by atoms with van der Waals surface area (Å²) >= 11 is 0. The van der Waals surface area contributed by atoms with E-state index in [1.165, 1.54) is 0 Å². The average molecular weight is 412 g/mol. The van der Waals surface area contributed by atoms with Crippen molar-refractivity contribution in [2.24, 2.45) is 11.8 Å². The zero-order chi connectivity index (χ0) is 21.3. The molecule has 3 rings (SSSR count). The number of carbonyl (C=O) groups is 1. The van der Waals surface area contributed by atoms with Crippen molar-refractivity contribution in [1.82, 2.24) is 0 Å². The molecule has 2 nitrogen and oxygen atoms in total. The monoisotopic (exact) mass is 412 g/mol. The van der Waals surface area contributed by atoms with E-state index >= 15 is 0 Å². The van der Waals surface area contributed by atoms with E-state index in [2.05, 4.69) is 6.92 Å². The van der Waals surface area contributed by atoms with Crippen LogP contribution in [0.5, 0.6) is 0 Å². The minimum atomic E-state index is -1.77. The normalized spacial score (nSPS) is 19.4. The van der Waals surface area contributed by atoms with E-state index in [4.69, 9.17) is 5.11 Å². The molecule has 0 aliphatic heterocycles. The molecule has 1 N–H and O–H groups in total. The van der Waals surface area contributed by atoms with Gasteiger partial charge in [0, 0.05) is 0 Å². The van der Waals surface area contributed by atoms with Crippen molar-refractivity contribution in [1.29, 1.82) is 0 Å². The molecule has 0 radical (unpaired) electrons. The van der Waals surface area contributed by atoms with Gasteiger partial charge in [-0.25, -0.2) is 26.7 Å². The van der Waals surface area contributed by atoms with Crippen LogP contribution in [0.25, 0.3) is 11.1 Å². The molecule has 0 spiro atoms. The first-order valence-corrected chi connectivity index (χ1v) is 9.58. The van der Waals surface area contributed by atoms with Gasteiger partial charge in [0.1, 0.15) is 17.2 Å². The molecule has 1 fully saturated rings. The van der Waals surface area contributed by atoms with Crippen molar-refractivity contribution in [3.05, 3.63) is 58.4 Å². The minimum absolute atomic E-state index is 0.0847. The maximum Gasteiger partial charge on any atom is 0.341 e. The molecule has 29 heavy (non-hydrogen) atoms. The Morgan fingerprint density at radius 1 is 0.931 bits per heavy atom. The lowest BCUT2D eigenvalue weighted by Crippen LogP contribution is -2.15. The minimum Gasteiger partial charge on any atom is -0.477 e. The first-order chi connectivity index (χ1) is 13.7. The summed E-state index contributed by atoms with van der Waals surface area (Å²) in [5.41, 5.74) is -1.66. The van der Waals surface area contributed by atoms with Gasteiger partial charge in [0.25, 0.3) is 0 Å². The van der Waals surface area contributed by atoms with Crippen LogP contribution in [0.4, 0.5) is 22.0 Å². The van der Waals surface area contributed by atoms with Crippen LogP contribution in [0, 0.1) is 40.9 Å². The quantitative estimate of drug-likeness (QED) is 0.449. The van der Waals surface area contributed by atoms with Crippen LogP contribution in [0.1, 0.15) is 54.9 Å². The SMILES string of the molecule is CC1CCC(CCc2c(-c3cc(F)c(F)c(F)c3)cc(F)c(C(=O)O)c2F)CC1. The fraction of sp³-hybridized carbons (Fsp3) is 0.409. The molecular weight excluding hydrogens is 391 g/mol. The van der Waals surface area contributed by atoms with Gasteiger partial charge in [-0.3, -0.25) is 0 Å². The first-order valence-electron chi connectivity index (χ1n) is 9.58. The number of rotatable bonds is 5. The summed E-state index contributed by atoms with van der Waals surface area (Å²) in [5.74, 6) is -8.13. The van der Waals surface area contributed by atoms with E-state index in [1.807, 2.05) is 0 Å². The van der Waals surface area contributed by atoms with Gasteiger partial charge >= 0.3 is 5.97 Å². The van der Waals surface area contributed by atoms with Crippen LogP contribution in [-0.4, -0.2) is 11.1 Å². The van der Waals surface area contributed by atoms with E-state index in [1.54, 1.807) is 0 Å². The molecular formula is C22H21F5O2. The zero-order valence-electron chi connectivity index (χ0n) is 15.9. The maximum absolute atomic E-state index is 14.9. The number of hydrogen-bond donors (Lipinski definition) is 1. The number of carboxylic acid groups (broad SMARTS) is 1. The highest BCUT2D eigenvalue weighted by molar-refractivity contribution is 5.90. The highest BCUT2D eigenvalue weighted by atomic mass is 19.2. The summed E-state index contributed by atoms with van der Waals surface area (Å²) in [6.45, 7) is 2.16. The predicted molar refractivity (Wildman–Crippen MR) is 98.1 cm³/mol. The Morgan fingerprint density at radius 2 is 1.52 bits per heavy atom. The Balaban J connectivity index is 2.04. The molecule has 1 saturated carbocycles. The van der Waals surface area contributed by atoms with Crippen molar-refractivity contribution >= 4 is 5.97 Å². The zero-order valence-corrected chi connectivity index (χ0v) is 15.9. The molecule has 0 unspecified atom stereocenters. The van der Waals surface area contributed by atoms with E-state index < -0.39 is 40.6 Å². The van der Waals surface area contributed by atoms with Gasteiger partial charge in [-0.05, 0) is 59.6 Å². The standard InChI is InChI=1S/C22H21F5O2/c1-11-2-4-12(5-3-11)6-7-14-15(10-16(23)19(20(14)26)22(28)29)13-8-17(24)21(27)18(25)9-13/h8-12H,2-7H2,1H3,(H,28,29). The molecule has 0 amide bonds. The third-order valence-electron chi connectivity index (χ3n) is 5.77. The third-order valence-corrected chi connectivity index (χ3v) is 5.77. The van der Waals surface area contributed by atoms with Crippen molar-refractivity contribution in [3.63, 3.8) is 0 Å². The Morgan fingerprint density at radius 3 is 2.07 bits per heavy atom. The van der Waals surface area contributed by atoms with Gasteiger partial charge in [-0.15, -0.1) is 0 Å². The van der Waals surface area contributed by atoms with Gasteiger partial charge < -0.3 is 5.11 Å². The van der Waals surface area contributed by atoms with Crippen LogP contribution >= 0.6 is 0 Å². The highest BCUT2D eigenvalue weighted by Crippen LogP contribution is 2.36. The number of aromatic carboxylic acids is 1. The average Bonchev–Trinajstić information content (AvgIpc) is 2.65. The summed E-state index contributed by atoms with van der Waals surface area (Å²) < 4.78 is 69.9. The summed E-state index contributed by atoms with van der Waals surface area (Å²) in [6.07, 6.45) is 4.60. The van der Waals surface area contributed by atoms with Crippen LogP contribution in [0.3, 0.4) is 0 Å². The molecule has 156 valence electrons. The Bertz CT molecular complexity index is 910. The molecule has 0 atom stereocenters. The first kappa shape index (κ1) is 21.3. The largest absolute Gasteiger partial charge is 0.477 e. The van der Waals surface area contributed by atoms with Crippen molar-refractivity contribution in [2.45, 2.75) is 45.4 Å². The summed E-state index contributed by atoms with van der Waals surface area (Å²) in [5, 5.41) is 9.15. The van der Waals surface area contributed by atoms with E-state index in [9.17, 15) is 26.7 Å². The molecule has 1 aliphatic rings. The Labute approximate surface area is 165 Å². The van der Waals surface area contributed by atoms with Gasteiger partial charge in [-0.1, -0.05) is 32.6 Å². The fourth-order valence-corrected chi connectivity index (χ4v) is 4.04. The molecule has 7 heteroatoms. The number of hydrogen-bond acceptors (Lipinski definition) is 1. The van der Waals surface area contributed by atoms with Crippen LogP contribution < -0.4 is 0 Å². The van der Waals surface area contributed by atoms with E-state index in [0.29, 0.717) is 30.4 Å². The summed E-state index contributed by atoms with van der Waals surface area (Å²) in [7, 11) is 0. The topological polar surface area (TPSA) is 37.3 Å². The van der Waals surface area contributed by atoms with E-state index in [-0.39, 0.29) is 23.1 Å². The second kappa shape index (κ2) is 8.51. The smallest absolute Gasteiger partial charge is 0.341 e. The van der Waals surface area contributed by atoms with Crippen molar-refractivity contribution in [3.8, 4) is 11.1 Å². The lowest BCUT2D eigenvalue weighted by Gasteiger charge is -2.26. The predicted octanol–water partition coefficient (Wildman–Crippen LogP) is 6.51. The van der Waals surface area contributed by atoms with Crippen LogP contribution in [0.15, 0.2) is 18.2 Å². The molecule has 2 aromatic carbocycles. The van der Waals surface area contributed by atoms with Gasteiger partial charge in [0.15, 0.2) is 17.5 Å². The second-order valence-electron chi connectivity index (χ2n) is 7.80. The fourth-order valence-electron chi connectivity index (χ4n) is 4.04. The Hall–Kier alpha value is -2.44. The molecule has 0 saturated heterocycles. The third kappa shape index (κ3) is 4.43. The molecule has 0 aromatic heterocycles. The number of carboxylic acids is 1.